The number of aromatic nitrogens is 2. The summed E-state index contributed by atoms with van der Waals surface area (Å²) in [4.78, 5) is 19.3. The normalized spacial score (nSPS) is 10.1. The van der Waals surface area contributed by atoms with E-state index in [1.807, 2.05) is 24.3 Å². The number of aromatic amines is 1. The van der Waals surface area contributed by atoms with Crippen molar-refractivity contribution in [2.75, 3.05) is 17.7 Å². The van der Waals surface area contributed by atoms with E-state index in [1.165, 1.54) is 0 Å². The summed E-state index contributed by atoms with van der Waals surface area (Å²) in [6.07, 6.45) is 0. The van der Waals surface area contributed by atoms with Crippen LogP contribution in [0.1, 0.15) is 5.56 Å². The molecule has 0 aliphatic carbocycles. The predicted octanol–water partition coefficient (Wildman–Crippen LogP) is 3.75. The molecule has 0 saturated heterocycles. The van der Waals surface area contributed by atoms with Gasteiger partial charge in [0, 0.05) is 29.0 Å². The highest BCUT2D eigenvalue weighted by Gasteiger charge is 2.14. The molecular formula is C18H14ClN5O. The molecule has 124 valence electrons. The number of nitrogens with zero attached hydrogens (tertiary/aromatic N) is 2. The Morgan fingerprint density at radius 2 is 1.92 bits per heavy atom. The molecule has 0 aliphatic rings. The van der Waals surface area contributed by atoms with Crippen LogP contribution in [0.25, 0.3) is 11.3 Å². The smallest absolute Gasteiger partial charge is 0.270 e. The van der Waals surface area contributed by atoms with Crippen molar-refractivity contribution in [2.24, 2.45) is 0 Å². The molecule has 0 atom stereocenters. The third-order valence-electron chi connectivity index (χ3n) is 3.56. The van der Waals surface area contributed by atoms with Crippen molar-refractivity contribution in [3.05, 3.63) is 69.5 Å². The first-order chi connectivity index (χ1) is 12.1. The van der Waals surface area contributed by atoms with Crippen LogP contribution in [0, 0.1) is 11.3 Å². The van der Waals surface area contributed by atoms with Crippen molar-refractivity contribution >= 4 is 28.9 Å². The number of nitriles is 1. The fraction of sp³-hybridized carbons (Fsp3) is 0.0556. The zero-order valence-electron chi connectivity index (χ0n) is 13.3. The van der Waals surface area contributed by atoms with Crippen LogP contribution in [0.15, 0.2) is 53.3 Å². The van der Waals surface area contributed by atoms with Gasteiger partial charge in [-0.2, -0.15) is 5.26 Å². The highest BCUT2D eigenvalue weighted by atomic mass is 35.5. The second-order valence-electron chi connectivity index (χ2n) is 5.21. The molecular weight excluding hydrogens is 338 g/mol. The first-order valence-corrected chi connectivity index (χ1v) is 7.83. The lowest BCUT2D eigenvalue weighted by Crippen LogP contribution is -2.16. The van der Waals surface area contributed by atoms with Crippen molar-refractivity contribution < 1.29 is 0 Å². The van der Waals surface area contributed by atoms with Crippen molar-refractivity contribution in [1.29, 1.82) is 5.26 Å². The van der Waals surface area contributed by atoms with E-state index in [-0.39, 0.29) is 11.5 Å². The van der Waals surface area contributed by atoms with Crippen molar-refractivity contribution in [1.82, 2.24) is 9.97 Å². The zero-order valence-corrected chi connectivity index (χ0v) is 14.1. The Labute approximate surface area is 149 Å². The van der Waals surface area contributed by atoms with Gasteiger partial charge in [-0.15, -0.1) is 0 Å². The molecule has 1 aromatic heterocycles. The molecule has 6 nitrogen and oxygen atoms in total. The summed E-state index contributed by atoms with van der Waals surface area (Å²) in [5, 5.41) is 16.0. The molecule has 0 amide bonds. The van der Waals surface area contributed by atoms with Gasteiger partial charge in [-0.25, -0.2) is 4.98 Å². The summed E-state index contributed by atoms with van der Waals surface area (Å²) < 4.78 is 0. The maximum Gasteiger partial charge on any atom is 0.270 e. The Balaban J connectivity index is 2.07. The van der Waals surface area contributed by atoms with Gasteiger partial charge in [0.05, 0.1) is 5.69 Å². The lowest BCUT2D eigenvalue weighted by atomic mass is 10.1. The van der Waals surface area contributed by atoms with Crippen LogP contribution in [-0.2, 0) is 0 Å². The van der Waals surface area contributed by atoms with E-state index in [1.54, 1.807) is 37.4 Å². The second kappa shape index (κ2) is 7.07. The number of benzene rings is 2. The molecule has 0 fully saturated rings. The standard InChI is InChI=1S/C18H14ClN5O/c1-21-14-4-2-3-11(9-14)16-15(10-20)17(25)24-18(23-16)22-13-7-5-12(19)6-8-13/h2-9,21H,1H3,(H2,22,23,24,25). The fourth-order valence-corrected chi connectivity index (χ4v) is 2.46. The summed E-state index contributed by atoms with van der Waals surface area (Å²) in [6, 6.07) is 16.3. The number of hydrogen-bond acceptors (Lipinski definition) is 5. The van der Waals surface area contributed by atoms with Gasteiger partial charge in [0.15, 0.2) is 0 Å². The monoisotopic (exact) mass is 351 g/mol. The van der Waals surface area contributed by atoms with Gasteiger partial charge in [-0.1, -0.05) is 23.7 Å². The van der Waals surface area contributed by atoms with Crippen LogP contribution >= 0.6 is 11.6 Å². The van der Waals surface area contributed by atoms with Crippen molar-refractivity contribution in [3.63, 3.8) is 0 Å². The molecule has 0 saturated carbocycles. The number of rotatable bonds is 4. The molecule has 0 unspecified atom stereocenters. The number of nitrogens with one attached hydrogen (secondary N) is 3. The van der Waals surface area contributed by atoms with Gasteiger partial charge in [0.1, 0.15) is 11.6 Å². The Morgan fingerprint density at radius 1 is 1.16 bits per heavy atom. The Kier molecular flexibility index (Phi) is 4.68. The maximum atomic E-state index is 12.3. The zero-order chi connectivity index (χ0) is 17.8. The lowest BCUT2D eigenvalue weighted by molar-refractivity contribution is 1.11. The van der Waals surface area contributed by atoms with Crippen LogP contribution in [-0.4, -0.2) is 17.0 Å². The molecule has 0 aliphatic heterocycles. The maximum absolute atomic E-state index is 12.3. The minimum atomic E-state index is -0.501. The Bertz CT molecular complexity index is 1010. The Morgan fingerprint density at radius 3 is 2.60 bits per heavy atom. The molecule has 1 heterocycles. The highest BCUT2D eigenvalue weighted by molar-refractivity contribution is 6.30. The average Bonchev–Trinajstić information content (AvgIpc) is 2.63. The van der Waals surface area contributed by atoms with E-state index < -0.39 is 5.56 Å². The summed E-state index contributed by atoms with van der Waals surface area (Å²) in [5.41, 5.74) is 2.03. The lowest BCUT2D eigenvalue weighted by Gasteiger charge is -2.10. The van der Waals surface area contributed by atoms with Crippen LogP contribution < -0.4 is 16.2 Å². The van der Waals surface area contributed by atoms with Crippen molar-refractivity contribution in [2.45, 2.75) is 0 Å². The van der Waals surface area contributed by atoms with E-state index >= 15 is 0 Å². The highest BCUT2D eigenvalue weighted by Crippen LogP contribution is 2.24. The van der Waals surface area contributed by atoms with E-state index in [9.17, 15) is 10.1 Å². The summed E-state index contributed by atoms with van der Waals surface area (Å²) in [6.45, 7) is 0. The second-order valence-corrected chi connectivity index (χ2v) is 5.65. The first kappa shape index (κ1) is 16.6. The largest absolute Gasteiger partial charge is 0.388 e. The van der Waals surface area contributed by atoms with E-state index in [4.69, 9.17) is 11.6 Å². The number of halogens is 1. The molecule has 3 aromatic rings. The molecule has 0 bridgehead atoms. The summed E-state index contributed by atoms with van der Waals surface area (Å²) in [5.74, 6) is 0.246. The molecule has 7 heteroatoms. The SMILES string of the molecule is CNc1cccc(-c2nc(Nc3ccc(Cl)cc3)[nH]c(=O)c2C#N)c1. The molecule has 0 radical (unpaired) electrons. The molecule has 3 N–H and O–H groups in total. The minimum absolute atomic E-state index is 0.0325. The number of H-pyrrole nitrogens is 1. The van der Waals surface area contributed by atoms with E-state index in [0.717, 1.165) is 5.69 Å². The number of anilines is 3. The molecule has 25 heavy (non-hydrogen) atoms. The Hall–Kier alpha value is -3.30. The molecule has 2 aromatic carbocycles. The topological polar surface area (TPSA) is 93.6 Å². The minimum Gasteiger partial charge on any atom is -0.388 e. The average molecular weight is 352 g/mol. The quantitative estimate of drug-likeness (QED) is 0.665. The van der Waals surface area contributed by atoms with Gasteiger partial charge >= 0.3 is 0 Å². The third kappa shape index (κ3) is 3.62. The summed E-state index contributed by atoms with van der Waals surface area (Å²) >= 11 is 5.87. The molecule has 3 rings (SSSR count). The van der Waals surface area contributed by atoms with Gasteiger partial charge < -0.3 is 10.6 Å². The van der Waals surface area contributed by atoms with Crippen LogP contribution in [0.5, 0.6) is 0 Å². The van der Waals surface area contributed by atoms with E-state index in [0.29, 0.717) is 22.0 Å². The third-order valence-corrected chi connectivity index (χ3v) is 3.81. The van der Waals surface area contributed by atoms with Gasteiger partial charge in [0.25, 0.3) is 5.56 Å². The van der Waals surface area contributed by atoms with Crippen LogP contribution in [0.2, 0.25) is 5.02 Å². The van der Waals surface area contributed by atoms with Crippen molar-refractivity contribution in [3.8, 4) is 17.3 Å². The van der Waals surface area contributed by atoms with Crippen LogP contribution in [0.4, 0.5) is 17.3 Å². The first-order valence-electron chi connectivity index (χ1n) is 7.46. The van der Waals surface area contributed by atoms with Crippen LogP contribution in [0.3, 0.4) is 0 Å². The molecule has 0 spiro atoms. The van der Waals surface area contributed by atoms with E-state index in [2.05, 4.69) is 20.6 Å². The van der Waals surface area contributed by atoms with Gasteiger partial charge in [0.2, 0.25) is 5.95 Å². The number of hydrogen-bond donors (Lipinski definition) is 3. The van der Waals surface area contributed by atoms with Gasteiger partial charge in [-0.3, -0.25) is 9.78 Å². The predicted molar refractivity (Wildman–Crippen MR) is 99.3 cm³/mol. The summed E-state index contributed by atoms with van der Waals surface area (Å²) in [7, 11) is 1.79. The fourth-order valence-electron chi connectivity index (χ4n) is 2.34. The van der Waals surface area contributed by atoms with Gasteiger partial charge in [-0.05, 0) is 36.4 Å².